The number of hydrogen-bond acceptors (Lipinski definition) is 3. The van der Waals surface area contributed by atoms with Gasteiger partial charge in [0.2, 0.25) is 5.91 Å². The largest absolute Gasteiger partial charge is 0.495 e. The first kappa shape index (κ1) is 14.8. The van der Waals surface area contributed by atoms with Gasteiger partial charge >= 0.3 is 0 Å². The Hall–Kier alpha value is -1.26. The molecule has 4 nitrogen and oxygen atoms in total. The molecule has 0 aliphatic carbocycles. The van der Waals surface area contributed by atoms with E-state index >= 15 is 0 Å². The Labute approximate surface area is 112 Å². The molecule has 1 aromatic carbocycles. The van der Waals surface area contributed by atoms with Gasteiger partial charge in [-0.1, -0.05) is 32.4 Å². The van der Waals surface area contributed by atoms with Gasteiger partial charge in [0.1, 0.15) is 5.75 Å². The molecule has 0 fully saturated rings. The highest BCUT2D eigenvalue weighted by Gasteiger charge is 2.27. The molecule has 5 heteroatoms. The quantitative estimate of drug-likeness (QED) is 0.887. The van der Waals surface area contributed by atoms with Gasteiger partial charge in [0.15, 0.2) is 0 Å². The molecule has 18 heavy (non-hydrogen) atoms. The number of halogens is 1. The van der Waals surface area contributed by atoms with Crippen LogP contribution in [0.5, 0.6) is 5.75 Å². The van der Waals surface area contributed by atoms with Crippen molar-refractivity contribution in [2.45, 2.75) is 26.8 Å². The van der Waals surface area contributed by atoms with E-state index in [-0.39, 0.29) is 11.3 Å². The number of benzene rings is 1. The molecule has 0 unspecified atom stereocenters. The zero-order chi connectivity index (χ0) is 13.9. The van der Waals surface area contributed by atoms with Crippen molar-refractivity contribution in [2.24, 2.45) is 11.1 Å². The summed E-state index contributed by atoms with van der Waals surface area (Å²) in [6.45, 7) is 5.73. The summed E-state index contributed by atoms with van der Waals surface area (Å²) in [4.78, 5) is 12.0. The van der Waals surface area contributed by atoms with Crippen LogP contribution >= 0.6 is 11.6 Å². The summed E-state index contributed by atoms with van der Waals surface area (Å²) in [6.07, 6.45) is 0. The monoisotopic (exact) mass is 270 g/mol. The maximum Gasteiger partial charge on any atom is 0.241 e. The zero-order valence-electron chi connectivity index (χ0n) is 11.1. The van der Waals surface area contributed by atoms with E-state index in [0.29, 0.717) is 16.5 Å². The maximum absolute atomic E-state index is 12.0. The van der Waals surface area contributed by atoms with Crippen LogP contribution in [-0.2, 0) is 4.79 Å². The third-order valence-electron chi connectivity index (χ3n) is 2.63. The number of carbonyl (C=O) groups excluding carboxylic acids is 1. The smallest absolute Gasteiger partial charge is 0.241 e. The number of rotatable bonds is 3. The van der Waals surface area contributed by atoms with Gasteiger partial charge in [-0.3, -0.25) is 4.79 Å². The molecule has 0 aliphatic heterocycles. The Balaban J connectivity index is 2.91. The third-order valence-corrected chi connectivity index (χ3v) is 2.87. The molecule has 0 saturated heterocycles. The molecule has 0 saturated carbocycles. The highest BCUT2D eigenvalue weighted by molar-refractivity contribution is 6.31. The topological polar surface area (TPSA) is 64.3 Å². The molecule has 3 N–H and O–H groups in total. The molecule has 0 heterocycles. The lowest BCUT2D eigenvalue weighted by Gasteiger charge is -2.26. The average molecular weight is 271 g/mol. The lowest BCUT2D eigenvalue weighted by atomic mass is 9.87. The van der Waals surface area contributed by atoms with Crippen LogP contribution in [0.1, 0.15) is 20.8 Å². The molecule has 1 rings (SSSR count). The van der Waals surface area contributed by atoms with Crippen LogP contribution in [0.15, 0.2) is 18.2 Å². The number of nitrogens with one attached hydrogen (secondary N) is 1. The van der Waals surface area contributed by atoms with Crippen LogP contribution in [0, 0.1) is 5.41 Å². The second-order valence-electron chi connectivity index (χ2n) is 5.18. The SMILES string of the molecule is COc1ccc(Cl)cc1NC(=O)[C@H](N)C(C)(C)C. The van der Waals surface area contributed by atoms with Gasteiger partial charge < -0.3 is 15.8 Å². The average Bonchev–Trinajstić information content (AvgIpc) is 2.27. The van der Waals surface area contributed by atoms with Crippen molar-refractivity contribution in [3.63, 3.8) is 0 Å². The summed E-state index contributed by atoms with van der Waals surface area (Å²) in [5.41, 5.74) is 6.10. The summed E-state index contributed by atoms with van der Waals surface area (Å²) in [7, 11) is 1.53. The van der Waals surface area contributed by atoms with Crippen LogP contribution < -0.4 is 15.8 Å². The van der Waals surface area contributed by atoms with Crippen molar-refractivity contribution >= 4 is 23.2 Å². The minimum Gasteiger partial charge on any atom is -0.495 e. The molecule has 0 aromatic heterocycles. The molecular formula is C13H19ClN2O2. The first-order valence-electron chi connectivity index (χ1n) is 5.65. The first-order chi connectivity index (χ1) is 8.25. The lowest BCUT2D eigenvalue weighted by Crippen LogP contribution is -2.45. The molecule has 1 atom stereocenters. The van der Waals surface area contributed by atoms with Crippen LogP contribution in [0.3, 0.4) is 0 Å². The molecule has 0 spiro atoms. The second kappa shape index (κ2) is 5.59. The summed E-state index contributed by atoms with van der Waals surface area (Å²) in [5, 5.41) is 3.26. The molecule has 0 radical (unpaired) electrons. The number of amides is 1. The van der Waals surface area contributed by atoms with Gasteiger partial charge in [0, 0.05) is 5.02 Å². The normalized spacial score (nSPS) is 13.0. The Kier molecular flexibility index (Phi) is 4.59. The van der Waals surface area contributed by atoms with E-state index in [0.717, 1.165) is 0 Å². The standard InChI is InChI=1S/C13H19ClN2O2/c1-13(2,3)11(15)12(17)16-9-7-8(14)5-6-10(9)18-4/h5-7,11H,15H2,1-4H3,(H,16,17)/t11-/m0/s1. The van der Waals surface area contributed by atoms with E-state index in [1.54, 1.807) is 18.2 Å². The summed E-state index contributed by atoms with van der Waals surface area (Å²) >= 11 is 5.89. The van der Waals surface area contributed by atoms with Crippen molar-refractivity contribution in [2.75, 3.05) is 12.4 Å². The minimum absolute atomic E-state index is 0.261. The van der Waals surface area contributed by atoms with E-state index in [2.05, 4.69) is 5.32 Å². The summed E-state index contributed by atoms with van der Waals surface area (Å²) < 4.78 is 5.15. The van der Waals surface area contributed by atoms with Crippen molar-refractivity contribution in [3.8, 4) is 5.75 Å². The number of carbonyl (C=O) groups is 1. The number of ether oxygens (including phenoxy) is 1. The fourth-order valence-electron chi connectivity index (χ4n) is 1.38. The molecular weight excluding hydrogens is 252 g/mol. The predicted octanol–water partition coefficient (Wildman–Crippen LogP) is 2.66. The Morgan fingerprint density at radius 2 is 2.06 bits per heavy atom. The van der Waals surface area contributed by atoms with Gasteiger partial charge in [0.25, 0.3) is 0 Å². The number of methoxy groups -OCH3 is 1. The van der Waals surface area contributed by atoms with E-state index in [9.17, 15) is 4.79 Å². The van der Waals surface area contributed by atoms with Gasteiger partial charge in [-0.2, -0.15) is 0 Å². The molecule has 0 bridgehead atoms. The lowest BCUT2D eigenvalue weighted by molar-refractivity contribution is -0.119. The summed E-state index contributed by atoms with van der Waals surface area (Å²) in [6, 6.07) is 4.41. The third kappa shape index (κ3) is 3.62. The highest BCUT2D eigenvalue weighted by Crippen LogP contribution is 2.28. The van der Waals surface area contributed by atoms with E-state index in [1.807, 2.05) is 20.8 Å². The first-order valence-corrected chi connectivity index (χ1v) is 6.03. The Morgan fingerprint density at radius 3 is 2.56 bits per heavy atom. The molecule has 1 aromatic rings. The Bertz CT molecular complexity index is 441. The van der Waals surface area contributed by atoms with E-state index in [1.165, 1.54) is 7.11 Å². The van der Waals surface area contributed by atoms with Crippen LogP contribution in [-0.4, -0.2) is 19.1 Å². The van der Waals surface area contributed by atoms with Crippen molar-refractivity contribution in [1.29, 1.82) is 0 Å². The van der Waals surface area contributed by atoms with Crippen LogP contribution in [0.2, 0.25) is 5.02 Å². The molecule has 100 valence electrons. The van der Waals surface area contributed by atoms with Gasteiger partial charge in [-0.15, -0.1) is 0 Å². The fraction of sp³-hybridized carbons (Fsp3) is 0.462. The predicted molar refractivity (Wildman–Crippen MR) is 74.1 cm³/mol. The maximum atomic E-state index is 12.0. The fourth-order valence-corrected chi connectivity index (χ4v) is 1.55. The number of nitrogens with two attached hydrogens (primary N) is 1. The van der Waals surface area contributed by atoms with E-state index in [4.69, 9.17) is 22.1 Å². The summed E-state index contributed by atoms with van der Waals surface area (Å²) in [5.74, 6) is 0.289. The number of anilines is 1. The van der Waals surface area contributed by atoms with Crippen molar-refractivity contribution in [1.82, 2.24) is 0 Å². The van der Waals surface area contributed by atoms with Crippen LogP contribution in [0.4, 0.5) is 5.69 Å². The van der Waals surface area contributed by atoms with E-state index < -0.39 is 6.04 Å². The zero-order valence-corrected chi connectivity index (χ0v) is 11.8. The minimum atomic E-state index is -0.610. The second-order valence-corrected chi connectivity index (χ2v) is 5.61. The van der Waals surface area contributed by atoms with Gasteiger partial charge in [-0.05, 0) is 23.6 Å². The number of hydrogen-bond donors (Lipinski definition) is 2. The molecule has 0 aliphatic rings. The van der Waals surface area contributed by atoms with Crippen molar-refractivity contribution < 1.29 is 9.53 Å². The highest BCUT2D eigenvalue weighted by atomic mass is 35.5. The molecule has 1 amide bonds. The van der Waals surface area contributed by atoms with Gasteiger partial charge in [-0.25, -0.2) is 0 Å². The van der Waals surface area contributed by atoms with Gasteiger partial charge in [0.05, 0.1) is 18.8 Å². The van der Waals surface area contributed by atoms with Crippen LogP contribution in [0.25, 0.3) is 0 Å². The van der Waals surface area contributed by atoms with Crippen molar-refractivity contribution in [3.05, 3.63) is 23.2 Å². The Morgan fingerprint density at radius 1 is 1.44 bits per heavy atom.